The second-order valence-electron chi connectivity index (χ2n) is 9.19. The first-order valence-corrected chi connectivity index (χ1v) is 13.3. The molecular weight excluding hydrogens is 516 g/mol. The first-order chi connectivity index (χ1) is 18.9. The largest absolute Gasteiger partial charge is 0.497 e. The third-order valence-electron chi connectivity index (χ3n) is 6.59. The Labute approximate surface area is 229 Å². The fourth-order valence-electron chi connectivity index (χ4n) is 4.49. The van der Waals surface area contributed by atoms with Crippen molar-refractivity contribution in [3.05, 3.63) is 89.0 Å². The lowest BCUT2D eigenvalue weighted by atomic mass is 9.88. The Bertz CT molecular complexity index is 1530. The number of fused-ring (bicyclic) bond motifs is 1. The van der Waals surface area contributed by atoms with Gasteiger partial charge >= 0.3 is 12.0 Å². The summed E-state index contributed by atoms with van der Waals surface area (Å²) in [5.74, 6) is -2.00. The number of cyclic esters (lactones) is 1. The van der Waals surface area contributed by atoms with E-state index in [-0.39, 0.29) is 18.0 Å². The van der Waals surface area contributed by atoms with Gasteiger partial charge in [0.25, 0.3) is 5.79 Å². The predicted octanol–water partition coefficient (Wildman–Crippen LogP) is 5.02. The number of amides is 2. The van der Waals surface area contributed by atoms with Crippen molar-refractivity contribution < 1.29 is 24.2 Å². The molecule has 0 fully saturated rings. The highest BCUT2D eigenvalue weighted by Crippen LogP contribution is 2.45. The van der Waals surface area contributed by atoms with Gasteiger partial charge in [-0.3, -0.25) is 0 Å². The van der Waals surface area contributed by atoms with Gasteiger partial charge in [-0.1, -0.05) is 31.5 Å². The highest BCUT2D eigenvalue weighted by atomic mass is 32.1. The maximum atomic E-state index is 13.3. The summed E-state index contributed by atoms with van der Waals surface area (Å²) in [7, 11) is 1.56. The molecule has 5 rings (SSSR count). The number of hydrogen-bond donors (Lipinski definition) is 3. The second kappa shape index (κ2) is 11.2. The molecule has 1 unspecified atom stereocenters. The molecule has 1 atom stereocenters. The molecule has 3 aromatic carbocycles. The van der Waals surface area contributed by atoms with Gasteiger partial charge in [-0.2, -0.15) is 8.75 Å². The number of carbonyl (C=O) groups excluding carboxylic acids is 2. The van der Waals surface area contributed by atoms with Crippen molar-refractivity contribution in [1.29, 1.82) is 0 Å². The summed E-state index contributed by atoms with van der Waals surface area (Å²) in [6.45, 7) is 2.67. The van der Waals surface area contributed by atoms with E-state index in [9.17, 15) is 14.7 Å². The number of ether oxygens (including phenoxy) is 2. The van der Waals surface area contributed by atoms with Crippen LogP contribution in [0.5, 0.6) is 5.75 Å². The highest BCUT2D eigenvalue weighted by molar-refractivity contribution is 7.00. The highest BCUT2D eigenvalue weighted by Gasteiger charge is 2.48. The number of esters is 1. The van der Waals surface area contributed by atoms with Gasteiger partial charge in [0.2, 0.25) is 0 Å². The molecule has 200 valence electrons. The summed E-state index contributed by atoms with van der Waals surface area (Å²) in [5, 5.41) is 17.5. The molecule has 4 aromatic rings. The summed E-state index contributed by atoms with van der Waals surface area (Å²) in [6, 6.07) is 19.1. The van der Waals surface area contributed by atoms with Gasteiger partial charge in [0.15, 0.2) is 0 Å². The van der Waals surface area contributed by atoms with E-state index >= 15 is 0 Å². The van der Waals surface area contributed by atoms with Crippen molar-refractivity contribution in [1.82, 2.24) is 14.1 Å². The first-order valence-electron chi connectivity index (χ1n) is 12.6. The number of nitrogens with one attached hydrogen (secondary N) is 2. The van der Waals surface area contributed by atoms with Gasteiger partial charge in [-0.25, -0.2) is 9.59 Å². The maximum Gasteiger partial charge on any atom is 0.342 e. The first kappa shape index (κ1) is 26.3. The van der Waals surface area contributed by atoms with Crippen molar-refractivity contribution in [3.8, 4) is 5.75 Å². The van der Waals surface area contributed by atoms with Crippen LogP contribution in [0.1, 0.15) is 36.5 Å². The summed E-state index contributed by atoms with van der Waals surface area (Å²) in [6.07, 6.45) is 2.13. The molecule has 2 amide bonds. The smallest absolute Gasteiger partial charge is 0.342 e. The Kier molecular flexibility index (Phi) is 7.58. The van der Waals surface area contributed by atoms with E-state index in [4.69, 9.17) is 9.47 Å². The van der Waals surface area contributed by atoms with Gasteiger partial charge in [0.05, 0.1) is 24.4 Å². The third kappa shape index (κ3) is 5.47. The zero-order chi connectivity index (χ0) is 27.4. The lowest BCUT2D eigenvalue weighted by Gasteiger charge is -2.26. The average Bonchev–Trinajstić information content (AvgIpc) is 3.51. The Balaban J connectivity index is 1.50. The quantitative estimate of drug-likeness (QED) is 0.200. The van der Waals surface area contributed by atoms with E-state index < -0.39 is 11.8 Å². The van der Waals surface area contributed by atoms with Crippen LogP contribution in [0.4, 0.5) is 10.5 Å². The number of aliphatic hydroxyl groups is 1. The number of aromatic nitrogens is 2. The summed E-state index contributed by atoms with van der Waals surface area (Å²) < 4.78 is 19.5. The lowest BCUT2D eigenvalue weighted by Crippen LogP contribution is -2.30. The molecule has 9 nitrogen and oxygen atoms in total. The second-order valence-corrected chi connectivity index (χ2v) is 9.72. The maximum absolute atomic E-state index is 13.3. The average molecular weight is 545 g/mol. The molecule has 0 spiro atoms. The van der Waals surface area contributed by atoms with E-state index in [0.29, 0.717) is 40.2 Å². The number of unbranched alkanes of at least 4 members (excludes halogenated alkanes) is 1. The van der Waals surface area contributed by atoms with Crippen LogP contribution in [0.3, 0.4) is 0 Å². The Hall–Kier alpha value is -4.28. The van der Waals surface area contributed by atoms with Crippen LogP contribution in [-0.4, -0.2) is 39.5 Å². The number of carbonyl (C=O) groups is 2. The van der Waals surface area contributed by atoms with Crippen LogP contribution in [0.2, 0.25) is 0 Å². The molecule has 0 aliphatic carbocycles. The van der Waals surface area contributed by atoms with Gasteiger partial charge in [-0.15, -0.1) is 0 Å². The minimum atomic E-state index is -1.98. The van der Waals surface area contributed by atoms with Crippen LogP contribution < -0.4 is 15.4 Å². The Morgan fingerprint density at radius 3 is 2.51 bits per heavy atom. The van der Waals surface area contributed by atoms with Crippen LogP contribution >= 0.6 is 11.7 Å². The van der Waals surface area contributed by atoms with E-state index in [2.05, 4.69) is 26.3 Å². The standard InChI is InChI=1S/C29H28N4O5S/c1-3-4-15-30-28(35)31-21-10-5-18(6-11-21)16-23-26(19-7-14-24-25(17-19)33-39-32-24)27(34)38-29(23,36)20-8-12-22(37-2)13-9-20/h5-14,17,36H,3-4,15-16H2,1-2H3,(H2,30,31,35). The fourth-order valence-corrected chi connectivity index (χ4v) is 5.01. The summed E-state index contributed by atoms with van der Waals surface area (Å²) in [4.78, 5) is 25.4. The molecule has 3 N–H and O–H groups in total. The molecule has 0 saturated heterocycles. The number of nitrogens with zero attached hydrogens (tertiary/aromatic N) is 2. The number of hydrogen-bond acceptors (Lipinski definition) is 8. The van der Waals surface area contributed by atoms with Gasteiger partial charge < -0.3 is 25.2 Å². The summed E-state index contributed by atoms with van der Waals surface area (Å²) >= 11 is 1.09. The molecule has 39 heavy (non-hydrogen) atoms. The lowest BCUT2D eigenvalue weighted by molar-refractivity contribution is -0.185. The van der Waals surface area contributed by atoms with Gasteiger partial charge in [0, 0.05) is 29.8 Å². The van der Waals surface area contributed by atoms with Gasteiger partial charge in [0.1, 0.15) is 16.8 Å². The molecular formula is C29H28N4O5S. The van der Waals surface area contributed by atoms with E-state index in [1.807, 2.05) is 12.1 Å². The van der Waals surface area contributed by atoms with Crippen molar-refractivity contribution in [3.63, 3.8) is 0 Å². The molecule has 2 heterocycles. The number of benzene rings is 3. The zero-order valence-corrected chi connectivity index (χ0v) is 22.4. The third-order valence-corrected chi connectivity index (χ3v) is 7.14. The molecule has 0 saturated carbocycles. The fraction of sp³-hybridized carbons (Fsp3) is 0.241. The van der Waals surface area contributed by atoms with E-state index in [1.54, 1.807) is 61.7 Å². The van der Waals surface area contributed by atoms with E-state index in [0.717, 1.165) is 35.6 Å². The minimum Gasteiger partial charge on any atom is -0.497 e. The Morgan fingerprint density at radius 2 is 1.79 bits per heavy atom. The number of rotatable bonds is 9. The Morgan fingerprint density at radius 1 is 1.05 bits per heavy atom. The molecule has 0 bridgehead atoms. The molecule has 0 radical (unpaired) electrons. The molecule has 1 aliphatic rings. The monoisotopic (exact) mass is 544 g/mol. The SMILES string of the molecule is CCCCNC(=O)Nc1ccc(CC2=C(c3ccc4nsnc4c3)C(=O)OC2(O)c2ccc(OC)cc2)cc1. The van der Waals surface area contributed by atoms with Gasteiger partial charge in [-0.05, 0) is 66.1 Å². The van der Waals surface area contributed by atoms with Crippen molar-refractivity contribution in [2.24, 2.45) is 0 Å². The number of methoxy groups -OCH3 is 1. The normalized spacial score (nSPS) is 16.8. The van der Waals surface area contributed by atoms with Crippen LogP contribution in [0.15, 0.2) is 72.3 Å². The van der Waals surface area contributed by atoms with Crippen LogP contribution in [0.25, 0.3) is 16.6 Å². The molecule has 1 aliphatic heterocycles. The topological polar surface area (TPSA) is 123 Å². The van der Waals surface area contributed by atoms with Crippen molar-refractivity contribution >= 4 is 46.0 Å². The van der Waals surface area contributed by atoms with E-state index in [1.165, 1.54) is 0 Å². The number of anilines is 1. The molecule has 10 heteroatoms. The van der Waals surface area contributed by atoms with Crippen LogP contribution in [0, 0.1) is 0 Å². The van der Waals surface area contributed by atoms with Crippen molar-refractivity contribution in [2.45, 2.75) is 32.0 Å². The van der Waals surface area contributed by atoms with Crippen LogP contribution in [-0.2, 0) is 21.7 Å². The summed E-state index contributed by atoms with van der Waals surface area (Å²) in [5.41, 5.74) is 4.50. The zero-order valence-electron chi connectivity index (χ0n) is 21.6. The minimum absolute atomic E-state index is 0.222. The number of urea groups is 1. The molecule has 1 aromatic heterocycles. The van der Waals surface area contributed by atoms with Crippen molar-refractivity contribution in [2.75, 3.05) is 19.0 Å². The predicted molar refractivity (Wildman–Crippen MR) is 149 cm³/mol.